The summed E-state index contributed by atoms with van der Waals surface area (Å²) < 4.78 is 0. The lowest BCUT2D eigenvalue weighted by atomic mass is 9.83. The number of nitrogens with zero attached hydrogens (tertiary/aromatic N) is 2. The van der Waals surface area contributed by atoms with E-state index in [0.717, 1.165) is 11.4 Å². The Hall–Kier alpha value is -5.38. The first kappa shape index (κ1) is 29.7. The van der Waals surface area contributed by atoms with Crippen LogP contribution in [-0.4, -0.2) is 8.07 Å². The summed E-state index contributed by atoms with van der Waals surface area (Å²) in [5, 5.41) is 10.6. The van der Waals surface area contributed by atoms with Gasteiger partial charge in [0.25, 0.3) is 0 Å². The van der Waals surface area contributed by atoms with Crippen LogP contribution in [0.25, 0.3) is 32.3 Å². The lowest BCUT2D eigenvalue weighted by Gasteiger charge is -2.35. The van der Waals surface area contributed by atoms with Gasteiger partial charge >= 0.3 is 0 Å². The van der Waals surface area contributed by atoms with Crippen LogP contribution in [0.1, 0.15) is 26.3 Å². The van der Waals surface area contributed by atoms with Crippen molar-refractivity contribution in [1.82, 2.24) is 0 Å². The summed E-state index contributed by atoms with van der Waals surface area (Å²) in [5.41, 5.74) is 8.43. The topological polar surface area (TPSA) is 6.48 Å². The van der Waals surface area contributed by atoms with Gasteiger partial charge in [0.1, 0.15) is 8.07 Å². The van der Waals surface area contributed by atoms with Crippen LogP contribution in [0.15, 0.2) is 152 Å². The van der Waals surface area contributed by atoms with Crippen molar-refractivity contribution in [2.75, 3.05) is 9.80 Å². The van der Waals surface area contributed by atoms with E-state index in [1.54, 1.807) is 0 Å². The van der Waals surface area contributed by atoms with Gasteiger partial charge in [-0.25, -0.2) is 0 Å². The normalized spacial score (nSPS) is 14.3. The summed E-state index contributed by atoms with van der Waals surface area (Å²) in [6, 6.07) is 57.2. The van der Waals surface area contributed by atoms with Gasteiger partial charge in [-0.2, -0.15) is 0 Å². The quantitative estimate of drug-likeness (QED) is 0.136. The van der Waals surface area contributed by atoms with Crippen molar-refractivity contribution in [3.63, 3.8) is 0 Å². The third-order valence-electron chi connectivity index (χ3n) is 10.7. The molecule has 238 valence electrons. The standard InChI is InChI=1S/C46H40N2Si/c1-46(2,3)33-26-31-22-24-40-42-30-43(41-25-23-32(27-33)44(31)45(40)41)48(35-16-10-7-11-17-35)37-19-13-21-39(29-37)49(4,5)38-20-12-18-36(28-38)47(42)34-14-8-6-9-15-34/h6-30H,1-5H3. The fourth-order valence-electron chi connectivity index (χ4n) is 7.92. The third kappa shape index (κ3) is 4.68. The van der Waals surface area contributed by atoms with Crippen LogP contribution in [0.2, 0.25) is 13.1 Å². The average Bonchev–Trinajstić information content (AvgIpc) is 3.12. The van der Waals surface area contributed by atoms with E-state index < -0.39 is 8.07 Å². The van der Waals surface area contributed by atoms with E-state index >= 15 is 0 Å². The number of hydrogen-bond acceptors (Lipinski definition) is 2. The second kappa shape index (κ2) is 10.8. The van der Waals surface area contributed by atoms with E-state index in [0.29, 0.717) is 0 Å². The number of para-hydroxylation sites is 2. The number of anilines is 6. The fourth-order valence-corrected chi connectivity index (χ4v) is 10.3. The number of hydrogen-bond donors (Lipinski definition) is 0. The predicted molar refractivity (Wildman–Crippen MR) is 215 cm³/mol. The lowest BCUT2D eigenvalue weighted by molar-refractivity contribution is 0.591. The van der Waals surface area contributed by atoms with E-state index in [1.807, 2.05) is 0 Å². The van der Waals surface area contributed by atoms with Crippen molar-refractivity contribution in [3.8, 4) is 0 Å². The van der Waals surface area contributed by atoms with Crippen molar-refractivity contribution in [1.29, 1.82) is 0 Å². The molecule has 0 atom stereocenters. The fraction of sp³-hybridized carbons (Fsp3) is 0.130. The third-order valence-corrected chi connectivity index (χ3v) is 14.2. The van der Waals surface area contributed by atoms with Gasteiger partial charge in [-0.3, -0.25) is 0 Å². The van der Waals surface area contributed by atoms with Crippen LogP contribution >= 0.6 is 0 Å². The van der Waals surface area contributed by atoms with Crippen LogP contribution in [-0.2, 0) is 5.41 Å². The maximum Gasteiger partial charge on any atom is 0.112 e. The molecule has 0 amide bonds. The highest BCUT2D eigenvalue weighted by Gasteiger charge is 2.31. The number of benzene rings is 8. The summed E-state index contributed by atoms with van der Waals surface area (Å²) in [5.74, 6) is 0. The first-order valence-electron chi connectivity index (χ1n) is 17.4. The van der Waals surface area contributed by atoms with Crippen molar-refractivity contribution in [2.45, 2.75) is 39.3 Å². The van der Waals surface area contributed by atoms with Crippen LogP contribution in [0, 0.1) is 0 Å². The van der Waals surface area contributed by atoms with Gasteiger partial charge in [0.15, 0.2) is 0 Å². The minimum Gasteiger partial charge on any atom is -0.310 e. The summed E-state index contributed by atoms with van der Waals surface area (Å²) >= 11 is 0. The van der Waals surface area contributed by atoms with Gasteiger partial charge in [-0.05, 0) is 81.7 Å². The lowest BCUT2D eigenvalue weighted by Crippen LogP contribution is -2.53. The molecule has 0 aromatic heterocycles. The van der Waals surface area contributed by atoms with Gasteiger partial charge in [0.05, 0.1) is 11.4 Å². The maximum atomic E-state index is 2.49. The van der Waals surface area contributed by atoms with Gasteiger partial charge < -0.3 is 9.80 Å². The Balaban J connectivity index is 1.50. The van der Waals surface area contributed by atoms with E-state index in [-0.39, 0.29) is 5.41 Å². The van der Waals surface area contributed by atoms with Crippen molar-refractivity contribution in [2.24, 2.45) is 0 Å². The molecule has 8 aromatic carbocycles. The van der Waals surface area contributed by atoms with E-state index in [1.165, 1.54) is 71.0 Å². The molecular formula is C46H40N2Si. The van der Waals surface area contributed by atoms with Crippen molar-refractivity contribution in [3.05, 3.63) is 157 Å². The molecule has 9 rings (SSSR count). The van der Waals surface area contributed by atoms with Crippen LogP contribution in [0.5, 0.6) is 0 Å². The molecule has 6 bridgehead atoms. The molecule has 0 radical (unpaired) electrons. The minimum absolute atomic E-state index is 0.0515. The highest BCUT2D eigenvalue weighted by molar-refractivity contribution is 7.00. The first-order valence-corrected chi connectivity index (χ1v) is 20.4. The zero-order valence-electron chi connectivity index (χ0n) is 28.8. The molecule has 3 heteroatoms. The molecule has 49 heavy (non-hydrogen) atoms. The summed E-state index contributed by atoms with van der Waals surface area (Å²) in [7, 11) is -2.08. The summed E-state index contributed by atoms with van der Waals surface area (Å²) in [4.78, 5) is 4.98. The number of rotatable bonds is 2. The molecule has 1 aliphatic rings. The first-order chi connectivity index (χ1) is 23.7. The monoisotopic (exact) mass is 648 g/mol. The molecule has 1 heterocycles. The van der Waals surface area contributed by atoms with Gasteiger partial charge in [0.2, 0.25) is 0 Å². The van der Waals surface area contributed by atoms with E-state index in [9.17, 15) is 0 Å². The Kier molecular flexibility index (Phi) is 6.56. The summed E-state index contributed by atoms with van der Waals surface area (Å²) in [6.45, 7) is 11.9. The van der Waals surface area contributed by atoms with Gasteiger partial charge in [-0.1, -0.05) is 141 Å². The minimum atomic E-state index is -2.08. The van der Waals surface area contributed by atoms with Gasteiger partial charge in [0, 0.05) is 38.9 Å². The Labute approximate surface area is 290 Å². The van der Waals surface area contributed by atoms with E-state index in [4.69, 9.17) is 0 Å². The molecule has 0 fully saturated rings. The zero-order valence-corrected chi connectivity index (χ0v) is 29.8. The highest BCUT2D eigenvalue weighted by Crippen LogP contribution is 2.50. The average molecular weight is 649 g/mol. The molecule has 8 aromatic rings. The second-order valence-corrected chi connectivity index (χ2v) is 19.5. The van der Waals surface area contributed by atoms with Crippen LogP contribution in [0.4, 0.5) is 34.1 Å². The maximum absolute atomic E-state index is 2.49. The Morgan fingerprint density at radius 2 is 0.878 bits per heavy atom. The Bertz CT molecular complexity index is 2350. The molecule has 0 aliphatic carbocycles. The number of fused-ring (bicyclic) bond motifs is 8. The SMILES string of the molecule is CC(C)(C)c1cc2ccc3c4cc(c5ccc(c1)c2c35)N(c1ccccc1)c1cccc(c1)[Si](C)(C)c1cccc(c1)N4c1ccccc1. The molecular weight excluding hydrogens is 609 g/mol. The predicted octanol–water partition coefficient (Wildman–Crippen LogP) is 12.0. The molecule has 0 saturated carbocycles. The van der Waals surface area contributed by atoms with E-state index in [2.05, 4.69) is 195 Å². The molecule has 2 nitrogen and oxygen atoms in total. The highest BCUT2D eigenvalue weighted by atomic mass is 28.3. The zero-order chi connectivity index (χ0) is 33.5. The molecule has 0 spiro atoms. The molecule has 0 unspecified atom stereocenters. The van der Waals surface area contributed by atoms with Crippen molar-refractivity contribution >= 4 is 84.9 Å². The smallest absolute Gasteiger partial charge is 0.112 e. The molecule has 0 saturated heterocycles. The molecule has 1 aliphatic heterocycles. The molecule has 0 N–H and O–H groups in total. The summed E-state index contributed by atoms with van der Waals surface area (Å²) in [6.07, 6.45) is 0. The van der Waals surface area contributed by atoms with Crippen molar-refractivity contribution < 1.29 is 0 Å². The second-order valence-electron chi connectivity index (χ2n) is 15.1. The van der Waals surface area contributed by atoms with Crippen LogP contribution in [0.3, 0.4) is 0 Å². The van der Waals surface area contributed by atoms with Gasteiger partial charge in [-0.15, -0.1) is 0 Å². The Morgan fingerprint density at radius 1 is 0.429 bits per heavy atom. The Morgan fingerprint density at radius 3 is 1.33 bits per heavy atom. The largest absolute Gasteiger partial charge is 0.310 e. The van der Waals surface area contributed by atoms with Crippen LogP contribution < -0.4 is 20.2 Å².